The molecule has 0 aliphatic carbocycles. The fourth-order valence-corrected chi connectivity index (χ4v) is 5.03. The maximum absolute atomic E-state index is 13.6. The third-order valence-corrected chi connectivity index (χ3v) is 7.74. The van der Waals surface area contributed by atoms with Crippen LogP contribution in [0.1, 0.15) is 10.4 Å². The molecule has 38 heavy (non-hydrogen) atoms. The zero-order valence-electron chi connectivity index (χ0n) is 20.7. The number of nitrogens with zero attached hydrogens (tertiary/aromatic N) is 3. The van der Waals surface area contributed by atoms with Crippen molar-refractivity contribution in [1.82, 2.24) is 14.7 Å². The molecule has 1 saturated heterocycles. The van der Waals surface area contributed by atoms with E-state index in [1.165, 1.54) is 17.0 Å². The van der Waals surface area contributed by atoms with E-state index in [1.54, 1.807) is 46.6 Å². The van der Waals surface area contributed by atoms with E-state index < -0.39 is 6.03 Å². The fourth-order valence-electron chi connectivity index (χ4n) is 4.01. The molecule has 3 amide bonds. The minimum Gasteiger partial charge on any atom is -0.379 e. The number of carbonyl (C=O) groups excluding carboxylic acids is 2. The van der Waals surface area contributed by atoms with Crippen LogP contribution in [0.15, 0.2) is 60.0 Å². The van der Waals surface area contributed by atoms with Gasteiger partial charge in [0.05, 0.1) is 29.8 Å². The maximum atomic E-state index is 13.6. The lowest BCUT2D eigenvalue weighted by atomic mass is 10.2. The summed E-state index contributed by atoms with van der Waals surface area (Å²) in [6.07, 6.45) is 0. The molecule has 2 heterocycles. The van der Waals surface area contributed by atoms with Gasteiger partial charge in [-0.05, 0) is 47.3 Å². The van der Waals surface area contributed by atoms with Crippen LogP contribution in [0.2, 0.25) is 10.0 Å². The smallest absolute Gasteiger partial charge is 0.322 e. The first-order valence-electron chi connectivity index (χ1n) is 12.2. The van der Waals surface area contributed by atoms with Gasteiger partial charge in [-0.15, -0.1) is 11.3 Å². The van der Waals surface area contributed by atoms with Crippen molar-refractivity contribution in [3.05, 3.63) is 86.3 Å². The van der Waals surface area contributed by atoms with Gasteiger partial charge in [0.1, 0.15) is 12.4 Å². The van der Waals surface area contributed by atoms with Crippen LogP contribution < -0.4 is 5.32 Å². The van der Waals surface area contributed by atoms with Gasteiger partial charge < -0.3 is 19.9 Å². The third kappa shape index (κ3) is 8.41. The zero-order chi connectivity index (χ0) is 26.9. The Morgan fingerprint density at radius 3 is 2.45 bits per heavy atom. The highest BCUT2D eigenvalue weighted by Gasteiger charge is 2.24. The molecular weight excluding hydrogens is 550 g/mol. The van der Waals surface area contributed by atoms with Crippen molar-refractivity contribution in [3.8, 4) is 0 Å². The summed E-state index contributed by atoms with van der Waals surface area (Å²) in [4.78, 5) is 33.4. The van der Waals surface area contributed by atoms with Gasteiger partial charge in [0.2, 0.25) is 5.91 Å². The number of nitrogens with one attached hydrogen (secondary N) is 1. The zero-order valence-corrected chi connectivity index (χ0v) is 23.1. The monoisotopic (exact) mass is 578 g/mol. The maximum Gasteiger partial charge on any atom is 0.322 e. The number of ether oxygens (including phenoxy) is 1. The minimum atomic E-state index is -0.414. The van der Waals surface area contributed by atoms with Gasteiger partial charge in [0, 0.05) is 43.3 Å². The molecule has 0 unspecified atom stereocenters. The molecule has 1 N–H and O–H groups in total. The molecule has 7 nitrogen and oxygen atoms in total. The molecule has 1 fully saturated rings. The summed E-state index contributed by atoms with van der Waals surface area (Å²) >= 11 is 13.7. The van der Waals surface area contributed by atoms with Gasteiger partial charge in [0.25, 0.3) is 0 Å². The van der Waals surface area contributed by atoms with Gasteiger partial charge >= 0.3 is 6.03 Å². The fraction of sp³-hybridized carbons (Fsp3) is 0.333. The first-order chi connectivity index (χ1) is 18.4. The van der Waals surface area contributed by atoms with E-state index in [2.05, 4.69) is 10.2 Å². The predicted octanol–water partition coefficient (Wildman–Crippen LogP) is 5.59. The summed E-state index contributed by atoms with van der Waals surface area (Å²) in [6.45, 7) is 4.33. The van der Waals surface area contributed by atoms with Gasteiger partial charge in [-0.3, -0.25) is 9.69 Å². The number of benzene rings is 2. The normalized spacial score (nSPS) is 13.8. The number of urea groups is 1. The van der Waals surface area contributed by atoms with E-state index in [1.807, 2.05) is 17.5 Å². The second-order valence-electron chi connectivity index (χ2n) is 8.89. The minimum absolute atomic E-state index is 0.121. The molecule has 0 bridgehead atoms. The van der Waals surface area contributed by atoms with Crippen LogP contribution in [-0.2, 0) is 22.6 Å². The van der Waals surface area contributed by atoms with E-state index in [9.17, 15) is 14.0 Å². The van der Waals surface area contributed by atoms with Crippen LogP contribution >= 0.6 is 34.5 Å². The Bertz CT molecular complexity index is 1210. The Morgan fingerprint density at radius 1 is 1.00 bits per heavy atom. The van der Waals surface area contributed by atoms with Crippen LogP contribution in [0.4, 0.5) is 14.9 Å². The van der Waals surface area contributed by atoms with Crippen LogP contribution in [0.3, 0.4) is 0 Å². The predicted molar refractivity (Wildman–Crippen MR) is 149 cm³/mol. The van der Waals surface area contributed by atoms with E-state index >= 15 is 0 Å². The summed E-state index contributed by atoms with van der Waals surface area (Å²) < 4.78 is 18.9. The lowest BCUT2D eigenvalue weighted by Gasteiger charge is -2.31. The van der Waals surface area contributed by atoms with E-state index in [-0.39, 0.29) is 18.3 Å². The molecule has 1 aliphatic rings. The number of anilines is 1. The molecule has 11 heteroatoms. The number of rotatable bonds is 10. The Kier molecular flexibility index (Phi) is 10.4. The molecule has 0 radical (unpaired) electrons. The second-order valence-corrected chi connectivity index (χ2v) is 10.7. The van der Waals surface area contributed by atoms with Crippen molar-refractivity contribution < 1.29 is 18.7 Å². The molecule has 1 aliphatic heterocycles. The quantitative estimate of drug-likeness (QED) is 0.340. The summed E-state index contributed by atoms with van der Waals surface area (Å²) in [7, 11) is 0. The lowest BCUT2D eigenvalue weighted by Crippen LogP contribution is -2.48. The summed E-state index contributed by atoms with van der Waals surface area (Å²) in [6, 6.07) is 14.4. The Hall–Kier alpha value is -2.69. The number of hydrogen-bond acceptors (Lipinski definition) is 5. The second kappa shape index (κ2) is 13.9. The van der Waals surface area contributed by atoms with Gasteiger partial charge in [-0.25, -0.2) is 9.18 Å². The Balaban J connectivity index is 1.50. The number of morpholine rings is 1. The summed E-state index contributed by atoms with van der Waals surface area (Å²) in [5.74, 6) is -0.549. The summed E-state index contributed by atoms with van der Waals surface area (Å²) in [5, 5.41) is 5.49. The van der Waals surface area contributed by atoms with E-state index in [0.29, 0.717) is 55.1 Å². The van der Waals surface area contributed by atoms with Crippen molar-refractivity contribution in [1.29, 1.82) is 0 Å². The molecule has 4 rings (SSSR count). The average Bonchev–Trinajstić information content (AvgIpc) is 3.43. The van der Waals surface area contributed by atoms with Crippen LogP contribution in [0, 0.1) is 5.82 Å². The molecule has 2 aromatic carbocycles. The molecule has 3 aromatic rings. The number of amides is 3. The topological polar surface area (TPSA) is 65.1 Å². The van der Waals surface area contributed by atoms with Crippen molar-refractivity contribution in [2.45, 2.75) is 13.1 Å². The Labute approximate surface area is 235 Å². The number of carbonyl (C=O) groups is 2. The molecular formula is C27H29Cl2FN4O3S. The van der Waals surface area contributed by atoms with Gasteiger partial charge in [-0.2, -0.15) is 0 Å². The van der Waals surface area contributed by atoms with Crippen molar-refractivity contribution in [2.75, 3.05) is 51.3 Å². The highest BCUT2D eigenvalue weighted by atomic mass is 35.5. The Morgan fingerprint density at radius 2 is 1.76 bits per heavy atom. The third-order valence-electron chi connectivity index (χ3n) is 6.14. The lowest BCUT2D eigenvalue weighted by molar-refractivity contribution is -0.133. The van der Waals surface area contributed by atoms with E-state index in [0.717, 1.165) is 23.5 Å². The highest BCUT2D eigenvalue weighted by Crippen LogP contribution is 2.25. The van der Waals surface area contributed by atoms with E-state index in [4.69, 9.17) is 27.9 Å². The van der Waals surface area contributed by atoms with Crippen molar-refractivity contribution in [3.63, 3.8) is 0 Å². The van der Waals surface area contributed by atoms with Gasteiger partial charge in [-0.1, -0.05) is 41.4 Å². The molecule has 0 atom stereocenters. The highest BCUT2D eigenvalue weighted by molar-refractivity contribution is 7.09. The first-order valence-corrected chi connectivity index (χ1v) is 13.9. The first kappa shape index (κ1) is 28.3. The molecule has 202 valence electrons. The SMILES string of the molecule is O=C(CN(CCN1CCOCC1)C(=O)Nc1ccc(Cl)c(Cl)c1)N(Cc1ccc(F)cc1)Cc1cccs1. The van der Waals surface area contributed by atoms with Crippen molar-refractivity contribution in [2.24, 2.45) is 0 Å². The molecule has 1 aromatic heterocycles. The van der Waals surface area contributed by atoms with Gasteiger partial charge in [0.15, 0.2) is 0 Å². The number of thiophene rings is 1. The largest absolute Gasteiger partial charge is 0.379 e. The number of halogens is 3. The number of hydrogen-bond donors (Lipinski definition) is 1. The van der Waals surface area contributed by atoms with Crippen molar-refractivity contribution >= 4 is 52.2 Å². The molecule has 0 spiro atoms. The van der Waals surface area contributed by atoms with Crippen LogP contribution in [0.5, 0.6) is 0 Å². The van der Waals surface area contributed by atoms with Crippen LogP contribution in [0.25, 0.3) is 0 Å². The molecule has 0 saturated carbocycles. The standard InChI is InChI=1S/C27H29Cl2FN4O3S/c28-24-8-7-22(16-25(24)29)31-27(36)33(10-9-32-11-13-37-14-12-32)19-26(35)34(18-23-2-1-15-38-23)17-20-3-5-21(30)6-4-20/h1-8,15-16H,9-14,17-19H2,(H,31,36). The average molecular weight is 580 g/mol. The summed E-state index contributed by atoms with van der Waals surface area (Å²) in [5.41, 5.74) is 1.28. The van der Waals surface area contributed by atoms with Crippen LogP contribution in [-0.4, -0.2) is 72.6 Å².